The van der Waals surface area contributed by atoms with Gasteiger partial charge in [-0.25, -0.2) is 4.98 Å². The Morgan fingerprint density at radius 2 is 2.00 bits per heavy atom. The highest BCUT2D eigenvalue weighted by atomic mass is 16.1. The van der Waals surface area contributed by atoms with Crippen LogP contribution in [0.2, 0.25) is 0 Å². The number of carbonyl (C=O) groups excluding carboxylic acids is 1. The van der Waals surface area contributed by atoms with Crippen LogP contribution >= 0.6 is 0 Å². The molecule has 5 heteroatoms. The first-order valence-electron chi connectivity index (χ1n) is 8.19. The summed E-state index contributed by atoms with van der Waals surface area (Å²) in [6, 6.07) is 10.1. The van der Waals surface area contributed by atoms with Crippen molar-refractivity contribution >= 4 is 5.91 Å². The van der Waals surface area contributed by atoms with Gasteiger partial charge in [-0.05, 0) is 5.92 Å². The van der Waals surface area contributed by atoms with Gasteiger partial charge in [0.05, 0.1) is 5.69 Å². The van der Waals surface area contributed by atoms with Crippen molar-refractivity contribution in [2.24, 2.45) is 5.92 Å². The Balaban J connectivity index is 2.02. The second-order valence-corrected chi connectivity index (χ2v) is 6.46. The first-order chi connectivity index (χ1) is 11.1. The third-order valence-corrected chi connectivity index (χ3v) is 4.18. The van der Waals surface area contributed by atoms with E-state index in [1.807, 2.05) is 30.3 Å². The van der Waals surface area contributed by atoms with Crippen molar-refractivity contribution in [2.75, 3.05) is 20.1 Å². The second-order valence-electron chi connectivity index (χ2n) is 6.46. The van der Waals surface area contributed by atoms with E-state index in [9.17, 15) is 4.79 Å². The van der Waals surface area contributed by atoms with Crippen LogP contribution in [0.25, 0.3) is 11.4 Å². The van der Waals surface area contributed by atoms with Gasteiger partial charge < -0.3 is 9.88 Å². The third kappa shape index (κ3) is 3.15. The Morgan fingerprint density at radius 3 is 2.65 bits per heavy atom. The van der Waals surface area contributed by atoms with E-state index in [2.05, 4.69) is 33.6 Å². The van der Waals surface area contributed by atoms with Gasteiger partial charge in [-0.1, -0.05) is 44.2 Å². The first kappa shape index (κ1) is 15.7. The number of aromatic nitrogens is 2. The smallest absolute Gasteiger partial charge is 0.271 e. The number of nitrogens with zero attached hydrogens (tertiary/aromatic N) is 3. The largest absolute Gasteiger partial charge is 0.354 e. The summed E-state index contributed by atoms with van der Waals surface area (Å²) in [6.07, 6.45) is 0. The maximum Gasteiger partial charge on any atom is 0.271 e. The molecule has 1 aromatic heterocycles. The van der Waals surface area contributed by atoms with E-state index in [0.29, 0.717) is 11.6 Å². The van der Waals surface area contributed by atoms with Crippen LogP contribution in [0.4, 0.5) is 0 Å². The predicted octanol–water partition coefficient (Wildman–Crippen LogP) is 2.38. The summed E-state index contributed by atoms with van der Waals surface area (Å²) in [5.74, 6) is 1.40. The number of hydrogen-bond donors (Lipinski definition) is 1. The van der Waals surface area contributed by atoms with Crippen molar-refractivity contribution in [1.82, 2.24) is 19.8 Å². The summed E-state index contributed by atoms with van der Waals surface area (Å²) >= 11 is 0. The molecule has 0 spiro atoms. The van der Waals surface area contributed by atoms with Crippen LogP contribution in [0.1, 0.15) is 30.0 Å². The van der Waals surface area contributed by atoms with Gasteiger partial charge in [-0.15, -0.1) is 0 Å². The standard InChI is InChI=1S/C18H24N4O/c1-13(2)11-21-9-10-22-15(12-21)16(18(23)19-3)20-17(22)14-7-5-4-6-8-14/h4-8,13H,9-12H2,1-3H3,(H,19,23). The topological polar surface area (TPSA) is 50.2 Å². The highest BCUT2D eigenvalue weighted by Gasteiger charge is 2.27. The number of nitrogens with one attached hydrogen (secondary N) is 1. The zero-order chi connectivity index (χ0) is 16.4. The number of amides is 1. The molecule has 2 heterocycles. The average Bonchev–Trinajstić information content (AvgIpc) is 2.93. The van der Waals surface area contributed by atoms with Crippen molar-refractivity contribution in [3.63, 3.8) is 0 Å². The molecule has 3 rings (SSSR count). The molecule has 1 aliphatic rings. The normalized spacial score (nSPS) is 14.8. The number of imidazole rings is 1. The lowest BCUT2D eigenvalue weighted by Gasteiger charge is -2.30. The second kappa shape index (κ2) is 6.54. The summed E-state index contributed by atoms with van der Waals surface area (Å²) in [5.41, 5.74) is 2.64. The number of benzene rings is 1. The Labute approximate surface area is 137 Å². The molecule has 0 unspecified atom stereocenters. The van der Waals surface area contributed by atoms with Gasteiger partial charge in [0.25, 0.3) is 5.91 Å². The molecule has 0 saturated carbocycles. The number of carbonyl (C=O) groups is 1. The zero-order valence-electron chi connectivity index (χ0n) is 14.0. The van der Waals surface area contributed by atoms with E-state index >= 15 is 0 Å². The summed E-state index contributed by atoms with van der Waals surface area (Å²) < 4.78 is 2.21. The molecule has 1 amide bonds. The maximum absolute atomic E-state index is 12.3. The minimum atomic E-state index is -0.109. The number of fused-ring (bicyclic) bond motifs is 1. The van der Waals surface area contributed by atoms with Crippen LogP contribution < -0.4 is 5.32 Å². The van der Waals surface area contributed by atoms with E-state index in [1.165, 1.54) is 0 Å². The highest BCUT2D eigenvalue weighted by molar-refractivity contribution is 5.94. The number of rotatable bonds is 4. The average molecular weight is 312 g/mol. The Bertz CT molecular complexity index is 691. The molecule has 0 radical (unpaired) electrons. The van der Waals surface area contributed by atoms with Crippen molar-refractivity contribution in [2.45, 2.75) is 26.9 Å². The van der Waals surface area contributed by atoms with E-state index in [0.717, 1.165) is 43.3 Å². The van der Waals surface area contributed by atoms with Gasteiger partial charge in [0, 0.05) is 38.8 Å². The van der Waals surface area contributed by atoms with Crippen molar-refractivity contribution in [3.05, 3.63) is 41.7 Å². The van der Waals surface area contributed by atoms with Crippen LogP contribution in [-0.2, 0) is 13.1 Å². The SMILES string of the molecule is CNC(=O)c1nc(-c2ccccc2)n2c1CN(CC(C)C)CC2. The van der Waals surface area contributed by atoms with Crippen molar-refractivity contribution in [3.8, 4) is 11.4 Å². The molecule has 1 aromatic carbocycles. The molecule has 1 aliphatic heterocycles. The summed E-state index contributed by atoms with van der Waals surface area (Å²) in [7, 11) is 1.66. The quantitative estimate of drug-likeness (QED) is 0.943. The van der Waals surface area contributed by atoms with Crippen molar-refractivity contribution < 1.29 is 4.79 Å². The van der Waals surface area contributed by atoms with Crippen LogP contribution in [0, 0.1) is 5.92 Å². The lowest BCUT2D eigenvalue weighted by molar-refractivity contribution is 0.0954. The molecule has 2 aromatic rings. The molecule has 1 N–H and O–H groups in total. The van der Waals surface area contributed by atoms with Crippen LogP contribution in [0.5, 0.6) is 0 Å². The molecule has 0 aliphatic carbocycles. The van der Waals surface area contributed by atoms with Crippen molar-refractivity contribution in [1.29, 1.82) is 0 Å². The van der Waals surface area contributed by atoms with Gasteiger partial charge in [-0.3, -0.25) is 9.69 Å². The molecule has 0 saturated heterocycles. The Hall–Kier alpha value is -2.14. The summed E-state index contributed by atoms with van der Waals surface area (Å²) in [5, 5.41) is 2.72. The predicted molar refractivity (Wildman–Crippen MR) is 91.2 cm³/mol. The van der Waals surface area contributed by atoms with Gasteiger partial charge >= 0.3 is 0 Å². The fourth-order valence-electron chi connectivity index (χ4n) is 3.20. The van der Waals surface area contributed by atoms with E-state index in [-0.39, 0.29) is 5.91 Å². The molecule has 0 bridgehead atoms. The summed E-state index contributed by atoms with van der Waals surface area (Å²) in [4.78, 5) is 19.3. The van der Waals surface area contributed by atoms with Gasteiger partial charge in [0.1, 0.15) is 5.82 Å². The molecular weight excluding hydrogens is 288 g/mol. The van der Waals surface area contributed by atoms with Gasteiger partial charge in [0.2, 0.25) is 0 Å². The first-order valence-corrected chi connectivity index (χ1v) is 8.19. The third-order valence-electron chi connectivity index (χ3n) is 4.18. The zero-order valence-corrected chi connectivity index (χ0v) is 14.0. The Morgan fingerprint density at radius 1 is 1.26 bits per heavy atom. The lowest BCUT2D eigenvalue weighted by Crippen LogP contribution is -2.37. The molecule has 0 fully saturated rings. The fraction of sp³-hybridized carbons (Fsp3) is 0.444. The van der Waals surface area contributed by atoms with E-state index in [4.69, 9.17) is 0 Å². The van der Waals surface area contributed by atoms with E-state index in [1.54, 1.807) is 7.05 Å². The monoisotopic (exact) mass is 312 g/mol. The highest BCUT2D eigenvalue weighted by Crippen LogP contribution is 2.26. The molecular formula is C18H24N4O. The molecule has 0 atom stereocenters. The van der Waals surface area contributed by atoms with Crippen LogP contribution in [-0.4, -0.2) is 40.5 Å². The fourth-order valence-corrected chi connectivity index (χ4v) is 3.20. The van der Waals surface area contributed by atoms with Gasteiger partial charge in [0.15, 0.2) is 5.69 Å². The minimum absolute atomic E-state index is 0.109. The lowest BCUT2D eigenvalue weighted by atomic mass is 10.1. The van der Waals surface area contributed by atoms with E-state index < -0.39 is 0 Å². The van der Waals surface area contributed by atoms with Crippen LogP contribution in [0.15, 0.2) is 30.3 Å². The summed E-state index contributed by atoms with van der Waals surface area (Å²) in [6.45, 7) is 8.13. The molecule has 5 nitrogen and oxygen atoms in total. The Kier molecular flexibility index (Phi) is 4.48. The van der Waals surface area contributed by atoms with Crippen LogP contribution in [0.3, 0.4) is 0 Å². The number of hydrogen-bond acceptors (Lipinski definition) is 3. The van der Waals surface area contributed by atoms with Gasteiger partial charge in [-0.2, -0.15) is 0 Å². The maximum atomic E-state index is 12.3. The molecule has 122 valence electrons. The minimum Gasteiger partial charge on any atom is -0.354 e. The molecule has 23 heavy (non-hydrogen) atoms.